The van der Waals surface area contributed by atoms with Crippen LogP contribution in [0.1, 0.15) is 54.4 Å². The summed E-state index contributed by atoms with van der Waals surface area (Å²) in [4.78, 5) is 13.3. The van der Waals surface area contributed by atoms with Crippen LogP contribution in [0.25, 0.3) is 0 Å². The molecule has 0 spiro atoms. The van der Waals surface area contributed by atoms with Crippen molar-refractivity contribution in [1.82, 2.24) is 4.90 Å². The molecular formula is C12H27NO. The Labute approximate surface area is 89.7 Å². The quantitative estimate of drug-likeness (QED) is 0.658. The molecule has 0 fully saturated rings. The van der Waals surface area contributed by atoms with Gasteiger partial charge in [-0.25, -0.2) is 0 Å². The van der Waals surface area contributed by atoms with E-state index in [-0.39, 0.29) is 11.8 Å². The fourth-order valence-electron chi connectivity index (χ4n) is 1.33. The molecule has 1 atom stereocenters. The number of carbonyl (C=O) groups is 1. The minimum atomic E-state index is 0.102. The maximum absolute atomic E-state index is 11.1. The minimum absolute atomic E-state index is 0.102. The number of rotatable bonds is 6. The lowest BCUT2D eigenvalue weighted by atomic mass is 10.2. The Morgan fingerprint density at radius 1 is 1.14 bits per heavy atom. The van der Waals surface area contributed by atoms with Crippen molar-refractivity contribution in [3.8, 4) is 0 Å². The molecule has 0 saturated heterocycles. The Morgan fingerprint density at radius 2 is 1.50 bits per heavy atom. The van der Waals surface area contributed by atoms with Gasteiger partial charge in [-0.3, -0.25) is 9.69 Å². The molecule has 2 heteroatoms. The molecule has 1 unspecified atom stereocenters. The van der Waals surface area contributed by atoms with Gasteiger partial charge in [-0.2, -0.15) is 0 Å². The molecule has 0 aromatic heterocycles. The van der Waals surface area contributed by atoms with Crippen LogP contribution in [0.2, 0.25) is 0 Å². The van der Waals surface area contributed by atoms with Crippen LogP contribution in [0.3, 0.4) is 0 Å². The first-order chi connectivity index (χ1) is 6.63. The van der Waals surface area contributed by atoms with E-state index >= 15 is 0 Å². The van der Waals surface area contributed by atoms with Gasteiger partial charge in [-0.1, -0.05) is 27.7 Å². The Morgan fingerprint density at radius 3 is 1.71 bits per heavy atom. The number of Topliss-reactive ketones (excluding diaryl/α,β-unsaturated/α-hetero) is 1. The highest BCUT2D eigenvalue weighted by Crippen LogP contribution is 2.02. The molecule has 0 bridgehead atoms. The van der Waals surface area contributed by atoms with Crippen LogP contribution in [0.15, 0.2) is 0 Å². The third-order valence-electron chi connectivity index (χ3n) is 2.16. The van der Waals surface area contributed by atoms with Crippen molar-refractivity contribution in [2.45, 2.75) is 60.4 Å². The van der Waals surface area contributed by atoms with Gasteiger partial charge in [-0.05, 0) is 39.8 Å². The normalized spacial score (nSPS) is 11.9. The fraction of sp³-hybridized carbons (Fsp3) is 0.917. The van der Waals surface area contributed by atoms with Crippen LogP contribution in [0.4, 0.5) is 0 Å². The van der Waals surface area contributed by atoms with Gasteiger partial charge >= 0.3 is 0 Å². The van der Waals surface area contributed by atoms with Crippen molar-refractivity contribution in [2.75, 3.05) is 13.1 Å². The molecular weight excluding hydrogens is 174 g/mol. The lowest BCUT2D eigenvalue weighted by molar-refractivity contribution is -0.121. The van der Waals surface area contributed by atoms with E-state index in [1.54, 1.807) is 6.92 Å². The standard InChI is InChI=1S/C10H21NO.C2H6/c1-5-7-11(8-6-2)9(3)10(4)12;1-2/h9H,5-8H2,1-4H3;1-2H3. The Bertz CT molecular complexity index is 128. The average Bonchev–Trinajstić information content (AvgIpc) is 2.19. The lowest BCUT2D eigenvalue weighted by Gasteiger charge is -2.26. The third-order valence-corrected chi connectivity index (χ3v) is 2.16. The molecule has 0 aliphatic heterocycles. The van der Waals surface area contributed by atoms with E-state index < -0.39 is 0 Å². The zero-order valence-electron chi connectivity index (χ0n) is 10.8. The lowest BCUT2D eigenvalue weighted by Crippen LogP contribution is -2.38. The predicted molar refractivity (Wildman–Crippen MR) is 63.6 cm³/mol. The van der Waals surface area contributed by atoms with Crippen molar-refractivity contribution in [3.05, 3.63) is 0 Å². The van der Waals surface area contributed by atoms with Crippen molar-refractivity contribution >= 4 is 5.78 Å². The minimum Gasteiger partial charge on any atom is -0.298 e. The first-order valence-corrected chi connectivity index (χ1v) is 5.88. The zero-order chi connectivity index (χ0) is 11.6. The van der Waals surface area contributed by atoms with E-state index in [9.17, 15) is 4.79 Å². The average molecular weight is 201 g/mol. The van der Waals surface area contributed by atoms with Gasteiger partial charge in [0.15, 0.2) is 0 Å². The zero-order valence-corrected chi connectivity index (χ0v) is 10.8. The van der Waals surface area contributed by atoms with Crippen LogP contribution in [-0.4, -0.2) is 29.8 Å². The molecule has 2 nitrogen and oxygen atoms in total. The number of nitrogens with zero attached hydrogens (tertiary/aromatic N) is 1. The highest BCUT2D eigenvalue weighted by Gasteiger charge is 2.15. The summed E-state index contributed by atoms with van der Waals surface area (Å²) in [7, 11) is 0. The first-order valence-electron chi connectivity index (χ1n) is 5.88. The van der Waals surface area contributed by atoms with Crippen molar-refractivity contribution in [2.24, 2.45) is 0 Å². The summed E-state index contributed by atoms with van der Waals surface area (Å²) in [6.07, 6.45) is 2.25. The first kappa shape index (κ1) is 16.1. The monoisotopic (exact) mass is 201 g/mol. The molecule has 0 amide bonds. The summed E-state index contributed by atoms with van der Waals surface area (Å²) in [5, 5.41) is 0. The van der Waals surface area contributed by atoms with Crippen LogP contribution in [-0.2, 0) is 4.79 Å². The fourth-order valence-corrected chi connectivity index (χ4v) is 1.33. The van der Waals surface area contributed by atoms with Crippen LogP contribution >= 0.6 is 0 Å². The topological polar surface area (TPSA) is 20.3 Å². The number of carbonyl (C=O) groups excluding carboxylic acids is 1. The maximum Gasteiger partial charge on any atom is 0.146 e. The van der Waals surface area contributed by atoms with Gasteiger partial charge in [0.1, 0.15) is 5.78 Å². The number of hydrogen-bond donors (Lipinski definition) is 0. The molecule has 0 N–H and O–H groups in total. The molecule has 0 saturated carbocycles. The Balaban J connectivity index is 0. The second kappa shape index (κ2) is 10.7. The summed E-state index contributed by atoms with van der Waals surface area (Å²) < 4.78 is 0. The van der Waals surface area contributed by atoms with Crippen LogP contribution < -0.4 is 0 Å². The van der Waals surface area contributed by atoms with E-state index in [4.69, 9.17) is 0 Å². The summed E-state index contributed by atoms with van der Waals surface area (Å²) in [5.41, 5.74) is 0. The summed E-state index contributed by atoms with van der Waals surface area (Å²) in [6.45, 7) is 14.0. The maximum atomic E-state index is 11.1. The molecule has 0 heterocycles. The largest absolute Gasteiger partial charge is 0.298 e. The molecule has 14 heavy (non-hydrogen) atoms. The second-order valence-electron chi connectivity index (χ2n) is 3.32. The molecule has 0 radical (unpaired) electrons. The van der Waals surface area contributed by atoms with Gasteiger partial charge in [0.05, 0.1) is 6.04 Å². The number of ketones is 1. The van der Waals surface area contributed by atoms with Crippen molar-refractivity contribution < 1.29 is 4.79 Å². The van der Waals surface area contributed by atoms with E-state index in [0.717, 1.165) is 25.9 Å². The van der Waals surface area contributed by atoms with Crippen molar-refractivity contribution in [3.63, 3.8) is 0 Å². The molecule has 0 aliphatic rings. The Kier molecular flexibility index (Phi) is 12.3. The summed E-state index contributed by atoms with van der Waals surface area (Å²) >= 11 is 0. The van der Waals surface area contributed by atoms with Gasteiger partial charge < -0.3 is 0 Å². The Hall–Kier alpha value is -0.370. The molecule has 0 rings (SSSR count). The predicted octanol–water partition coefficient (Wildman–Crippen LogP) is 3.11. The number of hydrogen-bond acceptors (Lipinski definition) is 2. The second-order valence-corrected chi connectivity index (χ2v) is 3.32. The highest BCUT2D eigenvalue weighted by atomic mass is 16.1. The molecule has 0 aromatic carbocycles. The summed E-state index contributed by atoms with van der Waals surface area (Å²) in [5.74, 6) is 0.275. The van der Waals surface area contributed by atoms with Gasteiger partial charge in [0.25, 0.3) is 0 Å². The highest BCUT2D eigenvalue weighted by molar-refractivity contribution is 5.80. The van der Waals surface area contributed by atoms with E-state index in [1.807, 2.05) is 20.8 Å². The van der Waals surface area contributed by atoms with E-state index in [0.29, 0.717) is 0 Å². The van der Waals surface area contributed by atoms with Crippen LogP contribution in [0, 0.1) is 0 Å². The SMILES string of the molecule is CC.CCCN(CCC)C(C)C(C)=O. The van der Waals surface area contributed by atoms with Gasteiger partial charge in [0, 0.05) is 0 Å². The summed E-state index contributed by atoms with van der Waals surface area (Å²) in [6, 6.07) is 0.102. The van der Waals surface area contributed by atoms with Gasteiger partial charge in [-0.15, -0.1) is 0 Å². The molecule has 0 aromatic rings. The van der Waals surface area contributed by atoms with Gasteiger partial charge in [0.2, 0.25) is 0 Å². The van der Waals surface area contributed by atoms with E-state index in [1.165, 1.54) is 0 Å². The smallest absolute Gasteiger partial charge is 0.146 e. The third kappa shape index (κ3) is 7.07. The molecule has 0 aliphatic carbocycles. The van der Waals surface area contributed by atoms with Crippen molar-refractivity contribution in [1.29, 1.82) is 0 Å². The molecule has 86 valence electrons. The van der Waals surface area contributed by atoms with E-state index in [2.05, 4.69) is 18.7 Å². The van der Waals surface area contributed by atoms with Crippen LogP contribution in [0.5, 0.6) is 0 Å².